The molecule has 2 aromatic rings. The first-order valence-electron chi connectivity index (χ1n) is 4.66. The van der Waals surface area contributed by atoms with Gasteiger partial charge in [-0.25, -0.2) is 4.79 Å². The van der Waals surface area contributed by atoms with Crippen LogP contribution in [0.5, 0.6) is 0 Å². The summed E-state index contributed by atoms with van der Waals surface area (Å²) >= 11 is 1.37. The van der Waals surface area contributed by atoms with Crippen LogP contribution in [-0.2, 0) is 0 Å². The molecule has 0 heterocycles. The molecule has 0 saturated carbocycles. The Morgan fingerprint density at radius 1 is 1.19 bits per heavy atom. The van der Waals surface area contributed by atoms with Gasteiger partial charge in [0.15, 0.2) is 0 Å². The monoisotopic (exact) mass is 228 g/mol. The Hall–Kier alpha value is -1.92. The van der Waals surface area contributed by atoms with Crippen LogP contribution in [0.4, 0.5) is 0 Å². The van der Waals surface area contributed by atoms with Crippen molar-refractivity contribution in [3.05, 3.63) is 60.2 Å². The van der Waals surface area contributed by atoms with Crippen LogP contribution in [0, 0.1) is 12.1 Å². The van der Waals surface area contributed by atoms with Crippen molar-refractivity contribution in [3.63, 3.8) is 0 Å². The third-order valence-corrected chi connectivity index (χ3v) is 2.99. The fourth-order valence-corrected chi connectivity index (χ4v) is 2.15. The summed E-state index contributed by atoms with van der Waals surface area (Å²) in [5.41, 5.74) is 0.310. The van der Waals surface area contributed by atoms with Gasteiger partial charge in [-0.05, 0) is 24.3 Å². The third kappa shape index (κ3) is 2.36. The van der Waals surface area contributed by atoms with Crippen molar-refractivity contribution in [1.82, 2.24) is 0 Å². The fraction of sp³-hybridized carbons (Fsp3) is 0. The molecule has 3 heteroatoms. The standard InChI is InChI=1S/C13H8O2S/c14-13(15)11-8-4-5-9-12(11)16-10-6-2-1-3-7-10/h1-2,4-6,8-9H,(H,14,15). The van der Waals surface area contributed by atoms with Gasteiger partial charge < -0.3 is 5.11 Å². The molecule has 2 aromatic carbocycles. The molecule has 0 radical (unpaired) electrons. The number of carboxylic acid groups (broad SMARTS) is 1. The Morgan fingerprint density at radius 3 is 2.69 bits per heavy atom. The second-order valence-electron chi connectivity index (χ2n) is 3.06. The number of hydrogen-bond donors (Lipinski definition) is 1. The maximum absolute atomic E-state index is 11.0. The number of carboxylic acids is 1. The molecule has 2 nitrogen and oxygen atoms in total. The summed E-state index contributed by atoms with van der Waals surface area (Å²) in [5.74, 6) is -0.914. The van der Waals surface area contributed by atoms with Gasteiger partial charge in [0.25, 0.3) is 0 Å². The van der Waals surface area contributed by atoms with Gasteiger partial charge in [0.05, 0.1) is 10.5 Å². The van der Waals surface area contributed by atoms with Crippen molar-refractivity contribution >= 4 is 17.7 Å². The first-order valence-corrected chi connectivity index (χ1v) is 5.47. The lowest BCUT2D eigenvalue weighted by atomic mass is 10.2. The number of hydrogen-bond acceptors (Lipinski definition) is 2. The van der Waals surface area contributed by atoms with E-state index in [4.69, 9.17) is 5.11 Å². The number of aromatic carboxylic acids is 1. The van der Waals surface area contributed by atoms with Crippen molar-refractivity contribution in [2.45, 2.75) is 9.79 Å². The highest BCUT2D eigenvalue weighted by molar-refractivity contribution is 7.99. The van der Waals surface area contributed by atoms with E-state index >= 15 is 0 Å². The molecule has 0 unspecified atom stereocenters. The van der Waals surface area contributed by atoms with E-state index in [1.807, 2.05) is 18.2 Å². The minimum Gasteiger partial charge on any atom is -0.478 e. The van der Waals surface area contributed by atoms with Gasteiger partial charge in [-0.15, -0.1) is 0 Å². The maximum atomic E-state index is 11.0. The number of benzene rings is 1. The van der Waals surface area contributed by atoms with E-state index in [1.165, 1.54) is 11.8 Å². The Kier molecular flexibility index (Phi) is 3.13. The van der Waals surface area contributed by atoms with Gasteiger partial charge >= 0.3 is 5.97 Å². The van der Waals surface area contributed by atoms with Crippen molar-refractivity contribution in [3.8, 4) is 0 Å². The molecule has 0 aliphatic carbocycles. The molecule has 0 aromatic heterocycles. The van der Waals surface area contributed by atoms with Crippen molar-refractivity contribution in [1.29, 1.82) is 0 Å². The smallest absolute Gasteiger partial charge is 0.336 e. The fourth-order valence-electron chi connectivity index (χ4n) is 1.25. The molecule has 0 bridgehead atoms. The van der Waals surface area contributed by atoms with Crippen LogP contribution in [0.15, 0.2) is 52.3 Å². The lowest BCUT2D eigenvalue weighted by molar-refractivity contribution is 0.0693. The molecule has 0 spiro atoms. The predicted molar refractivity (Wildman–Crippen MR) is 61.6 cm³/mol. The van der Waals surface area contributed by atoms with Crippen LogP contribution in [0.3, 0.4) is 0 Å². The Morgan fingerprint density at radius 2 is 2.00 bits per heavy atom. The van der Waals surface area contributed by atoms with Gasteiger partial charge in [-0.1, -0.05) is 42.1 Å². The quantitative estimate of drug-likeness (QED) is 0.876. The predicted octanol–water partition coefficient (Wildman–Crippen LogP) is 3.14. The summed E-state index contributed by atoms with van der Waals surface area (Å²) in [6, 6.07) is 18.2. The van der Waals surface area contributed by atoms with Crippen LogP contribution in [0.25, 0.3) is 0 Å². The Bertz CT molecular complexity index is 494. The maximum Gasteiger partial charge on any atom is 0.336 e. The van der Waals surface area contributed by atoms with Gasteiger partial charge in [-0.2, -0.15) is 0 Å². The van der Waals surface area contributed by atoms with Gasteiger partial charge in [0.1, 0.15) is 0 Å². The highest BCUT2D eigenvalue weighted by atomic mass is 32.2. The zero-order valence-electron chi connectivity index (χ0n) is 8.31. The third-order valence-electron chi connectivity index (χ3n) is 1.96. The van der Waals surface area contributed by atoms with E-state index in [1.54, 1.807) is 24.3 Å². The molecule has 0 fully saturated rings. The largest absolute Gasteiger partial charge is 0.478 e. The minimum atomic E-state index is -0.914. The lowest BCUT2D eigenvalue weighted by Gasteiger charge is -2.03. The molecule has 78 valence electrons. The van der Waals surface area contributed by atoms with Gasteiger partial charge in [0, 0.05) is 4.90 Å². The summed E-state index contributed by atoms with van der Waals surface area (Å²) in [4.78, 5) is 12.6. The van der Waals surface area contributed by atoms with Crippen molar-refractivity contribution < 1.29 is 9.90 Å². The zero-order valence-corrected chi connectivity index (χ0v) is 9.12. The van der Waals surface area contributed by atoms with Crippen LogP contribution >= 0.6 is 11.8 Å². The zero-order chi connectivity index (χ0) is 11.4. The molecule has 0 saturated heterocycles. The van der Waals surface area contributed by atoms with Crippen LogP contribution < -0.4 is 0 Å². The van der Waals surface area contributed by atoms with Crippen LogP contribution in [0.2, 0.25) is 0 Å². The molecular weight excluding hydrogens is 220 g/mol. The van der Waals surface area contributed by atoms with Crippen molar-refractivity contribution in [2.24, 2.45) is 0 Å². The van der Waals surface area contributed by atoms with Gasteiger partial charge in [0.2, 0.25) is 0 Å². The molecule has 0 atom stereocenters. The van der Waals surface area contributed by atoms with Crippen molar-refractivity contribution in [2.75, 3.05) is 0 Å². The van der Waals surface area contributed by atoms with E-state index < -0.39 is 5.97 Å². The second-order valence-corrected chi connectivity index (χ2v) is 4.15. The van der Waals surface area contributed by atoms with Gasteiger partial charge in [-0.3, -0.25) is 0 Å². The number of carbonyl (C=O) groups is 1. The molecule has 1 N–H and O–H groups in total. The lowest BCUT2D eigenvalue weighted by Crippen LogP contribution is -1.97. The average molecular weight is 228 g/mol. The topological polar surface area (TPSA) is 37.3 Å². The molecular formula is C13H8O2S. The summed E-state index contributed by atoms with van der Waals surface area (Å²) in [6.45, 7) is 0. The molecule has 16 heavy (non-hydrogen) atoms. The Labute approximate surface area is 97.9 Å². The Balaban J connectivity index is 2.31. The van der Waals surface area contributed by atoms with E-state index in [2.05, 4.69) is 12.1 Å². The minimum absolute atomic E-state index is 0.310. The number of rotatable bonds is 3. The van der Waals surface area contributed by atoms with E-state index in [0.717, 1.165) is 4.90 Å². The highest BCUT2D eigenvalue weighted by Gasteiger charge is 2.09. The average Bonchev–Trinajstić information content (AvgIpc) is 2.31. The van der Waals surface area contributed by atoms with Crippen LogP contribution in [0.1, 0.15) is 10.4 Å². The molecule has 2 rings (SSSR count). The summed E-state index contributed by atoms with van der Waals surface area (Å²) in [7, 11) is 0. The molecule has 0 aliphatic rings. The van der Waals surface area contributed by atoms with Crippen LogP contribution in [-0.4, -0.2) is 11.1 Å². The highest BCUT2D eigenvalue weighted by Crippen LogP contribution is 2.28. The SMILES string of the molecule is O=C(O)c1ccccc1Sc1c#cccc1. The summed E-state index contributed by atoms with van der Waals surface area (Å²) in [6.07, 6.45) is 0. The van der Waals surface area contributed by atoms with E-state index in [9.17, 15) is 4.79 Å². The normalized spacial score (nSPS) is 9.50. The van der Waals surface area contributed by atoms with E-state index in [0.29, 0.717) is 10.5 Å². The molecule has 0 aliphatic heterocycles. The van der Waals surface area contributed by atoms with E-state index in [-0.39, 0.29) is 0 Å². The molecule has 0 amide bonds. The summed E-state index contributed by atoms with van der Waals surface area (Å²) in [5, 5.41) is 9.01. The first kappa shape index (κ1) is 10.6. The first-order chi connectivity index (χ1) is 7.77. The second kappa shape index (κ2) is 4.73. The summed E-state index contributed by atoms with van der Waals surface area (Å²) < 4.78 is 0.